The van der Waals surface area contributed by atoms with Crippen molar-refractivity contribution in [2.45, 2.75) is 159 Å². The van der Waals surface area contributed by atoms with Crippen LogP contribution < -0.4 is 47.9 Å². The number of likely N-dealkylation sites (N-methyl/N-ethyl adjacent to an activating group) is 5. The summed E-state index contributed by atoms with van der Waals surface area (Å²) >= 11 is 0. The maximum Gasteiger partial charge on any atom is 0.246 e. The van der Waals surface area contributed by atoms with E-state index in [-0.39, 0.29) is 115 Å². The number of aliphatic hydroxyl groups excluding tert-OH is 1. The van der Waals surface area contributed by atoms with E-state index in [0.29, 0.717) is 142 Å². The molecule has 32 heteroatoms. The highest BCUT2D eigenvalue weighted by molar-refractivity contribution is 5.96. The normalized spacial score (nSPS) is 14.7. The van der Waals surface area contributed by atoms with Gasteiger partial charge in [-0.25, -0.2) is 0 Å². The molecule has 3 aliphatic rings. The SMILES string of the molecule is C=C(C)C(=O)NCC(CNC(=O)C(=C)C)(CNC(=O)C(=C)C)CNC(O)C(=C)C.C=CC(=O)N(C)CCCCCCC.C=CC(=O)N(C)CCCN(C)C(=O)C=C.C=CC(=O)N(CC)CCCN(CC)C(=O)C=C.C=CC(=O)NCC(CC)(CNC(=O)C(=C)C)CNC(=O)C(=C)C.C=CC(=O)NCC1CCC2C3CC(CC3CNC(=O)C(=C)C)C12.C=CCN(C/C=C/CN(CC=C)C(=O)C=C)C(=O)C=C. The average Bonchev–Trinajstić information content (AvgIpc) is 1.58. The maximum atomic E-state index is 12.0. The van der Waals surface area contributed by atoms with Gasteiger partial charge in [-0.2, -0.15) is 0 Å². The van der Waals surface area contributed by atoms with Crippen LogP contribution in [0.25, 0.3) is 0 Å². The van der Waals surface area contributed by atoms with Gasteiger partial charge >= 0.3 is 0 Å². The number of carbonyl (C=O) groups excluding carboxylic acids is 15. The van der Waals surface area contributed by atoms with Crippen LogP contribution in [0.4, 0.5) is 0 Å². The summed E-state index contributed by atoms with van der Waals surface area (Å²) in [5, 5.41) is 35.6. The van der Waals surface area contributed by atoms with Gasteiger partial charge in [0.25, 0.3) is 0 Å². The monoisotopic (exact) mass is 1950 g/mol. The third-order valence-electron chi connectivity index (χ3n) is 23.5. The highest BCUT2D eigenvalue weighted by atomic mass is 16.3. The first-order valence-electron chi connectivity index (χ1n) is 47.6. The Morgan fingerprint density at radius 1 is 0.343 bits per heavy atom. The fraction of sp³-hybridized carbons (Fsp3) is 0.509. The molecule has 3 fully saturated rings. The van der Waals surface area contributed by atoms with E-state index in [9.17, 15) is 77.0 Å². The van der Waals surface area contributed by atoms with Gasteiger partial charge in [0.1, 0.15) is 6.23 Å². The number of rotatable bonds is 60. The van der Waals surface area contributed by atoms with Crippen LogP contribution in [0.5, 0.6) is 0 Å². The van der Waals surface area contributed by atoms with Gasteiger partial charge in [-0.1, -0.05) is 169 Å². The summed E-state index contributed by atoms with van der Waals surface area (Å²) in [5.74, 6) is 1.80. The molecule has 7 unspecified atom stereocenters. The molecular weight excluding hydrogens is 1780 g/mol. The largest absolute Gasteiger partial charge is 0.375 e. The molecular formula is C108H172N16O16. The quantitative estimate of drug-likeness (QED) is 0.0117. The predicted molar refractivity (Wildman–Crippen MR) is 566 cm³/mol. The molecule has 0 aromatic rings. The van der Waals surface area contributed by atoms with E-state index in [4.69, 9.17) is 0 Å². The van der Waals surface area contributed by atoms with Crippen LogP contribution in [0.1, 0.15) is 153 Å². The van der Waals surface area contributed by atoms with E-state index >= 15 is 0 Å². The minimum Gasteiger partial charge on any atom is -0.375 e. The summed E-state index contributed by atoms with van der Waals surface area (Å²) < 4.78 is 0. The molecule has 0 aromatic carbocycles. The minimum atomic E-state index is -0.986. The van der Waals surface area contributed by atoms with Crippen molar-refractivity contribution < 1.29 is 77.0 Å². The number of hydrogen-bond acceptors (Lipinski definition) is 17. The van der Waals surface area contributed by atoms with E-state index in [0.717, 1.165) is 62.6 Å². The van der Waals surface area contributed by atoms with Crippen molar-refractivity contribution in [2.75, 3.05) is 152 Å². The molecule has 32 nitrogen and oxygen atoms in total. The third kappa shape index (κ3) is 56.2. The summed E-state index contributed by atoms with van der Waals surface area (Å²) in [6.07, 6.45) is 31.0. The van der Waals surface area contributed by atoms with Crippen LogP contribution in [0.15, 0.2) is 236 Å². The van der Waals surface area contributed by atoms with Crippen molar-refractivity contribution in [3.8, 4) is 0 Å². The summed E-state index contributed by atoms with van der Waals surface area (Å²) in [6, 6.07) is 0. The molecule has 3 aliphatic carbocycles. The number of nitrogens with one attached hydrogen (secondary N) is 9. The Balaban J connectivity index is -0.000000781. The lowest BCUT2D eigenvalue weighted by Crippen LogP contribution is -2.57. The summed E-state index contributed by atoms with van der Waals surface area (Å²) in [5.41, 5.74) is 1.48. The fourth-order valence-electron chi connectivity index (χ4n) is 14.8. The predicted octanol–water partition coefficient (Wildman–Crippen LogP) is 10.5. The van der Waals surface area contributed by atoms with Gasteiger partial charge in [-0.3, -0.25) is 77.2 Å². The van der Waals surface area contributed by atoms with Crippen LogP contribution in [-0.4, -0.2) is 286 Å². The van der Waals surface area contributed by atoms with Crippen molar-refractivity contribution >= 4 is 88.6 Å². The first kappa shape index (κ1) is 133. The molecule has 140 heavy (non-hydrogen) atoms. The highest BCUT2D eigenvalue weighted by Gasteiger charge is 2.57. The highest BCUT2D eigenvalue weighted by Crippen LogP contribution is 2.62. The van der Waals surface area contributed by atoms with E-state index < -0.39 is 17.1 Å². The third-order valence-corrected chi connectivity index (χ3v) is 23.5. The van der Waals surface area contributed by atoms with Crippen molar-refractivity contribution in [2.24, 2.45) is 46.3 Å². The maximum absolute atomic E-state index is 12.0. The lowest BCUT2D eigenvalue weighted by Gasteiger charge is -2.36. The zero-order valence-corrected chi connectivity index (χ0v) is 87.1. The second kappa shape index (κ2) is 76.0. The molecule has 0 heterocycles. The molecule has 0 radical (unpaired) electrons. The smallest absolute Gasteiger partial charge is 0.246 e. The molecule has 15 amide bonds. The first-order chi connectivity index (χ1) is 65.9. The van der Waals surface area contributed by atoms with Crippen molar-refractivity contribution in [3.05, 3.63) is 236 Å². The Bertz CT molecular complexity index is 4090. The number of carbonyl (C=O) groups is 15. The van der Waals surface area contributed by atoms with Gasteiger partial charge in [0.05, 0.1) is 0 Å². The topological polar surface area (TPSA) is 407 Å². The zero-order valence-electron chi connectivity index (χ0n) is 87.1. The second-order valence-corrected chi connectivity index (χ2v) is 35.1. The number of aliphatic hydroxyl groups is 1. The molecule has 3 saturated carbocycles. The number of nitrogens with zero attached hydrogens (tertiary/aromatic N) is 7. The molecule has 0 saturated heterocycles. The van der Waals surface area contributed by atoms with Crippen LogP contribution in [0, 0.1) is 46.3 Å². The Kier molecular flexibility index (Phi) is 72.3. The van der Waals surface area contributed by atoms with Crippen LogP contribution >= 0.6 is 0 Å². The summed E-state index contributed by atoms with van der Waals surface area (Å²) in [4.78, 5) is 185. The number of amides is 15. The van der Waals surface area contributed by atoms with Gasteiger partial charge in [0, 0.05) is 196 Å². The summed E-state index contributed by atoms with van der Waals surface area (Å²) in [6.45, 7) is 92.4. The molecule has 7 atom stereocenters. The van der Waals surface area contributed by atoms with Crippen LogP contribution in [-0.2, 0) is 71.9 Å². The van der Waals surface area contributed by atoms with E-state index in [2.05, 4.69) is 173 Å². The number of unbranched alkanes of at least 4 members (excludes halogenated alkanes) is 4. The van der Waals surface area contributed by atoms with Gasteiger partial charge in [-0.15, -0.1) is 13.2 Å². The van der Waals surface area contributed by atoms with Crippen LogP contribution in [0.3, 0.4) is 0 Å². The van der Waals surface area contributed by atoms with Crippen LogP contribution in [0.2, 0.25) is 0 Å². The van der Waals surface area contributed by atoms with Gasteiger partial charge in [0.2, 0.25) is 88.6 Å². The van der Waals surface area contributed by atoms with Gasteiger partial charge < -0.3 is 81.9 Å². The number of hydrogen-bond donors (Lipinski definition) is 10. The molecule has 0 aromatic heterocycles. The molecule has 10 N–H and O–H groups in total. The molecule has 0 aliphatic heterocycles. The van der Waals surface area contributed by atoms with E-state index in [1.807, 2.05) is 40.0 Å². The standard InChI is InChI=1S/C21H34N4O4.C19H28N2O2.C17H27N3O3.C16H22N2O2.C13H22N2O2.C11H18N2O2.C11H21NO/c1-13(2)17(26)22-9-21(10-23-18(27)14(3)4,11-24-19(28)15(5)6)12-25-20(29)16(7)8;1-4-17(22)20-9-12-5-6-15-16-8-13(18(12)15)7-14(16)10-21-19(23)11(2)3;1-7-14(21)18-9-17(8-2,10-19-15(22)12(3)4)11-20-16(23)13(5)6;1-5-11-17(15(19)7-3)13-9-10-14-18(12-6-2)16(20)8-4;1-5-12(16)14(7-3)10-9-11-15(8-4)13(17)6-2;1-5-10(14)12(3)8-7-9-13(4)11(15)6-2;1-4-6-7-8-9-10-12(3)11(13)5-2/h17,22,26H,1,3,5,7,9-12H2,2,4,6,8H3,(H,23,27)(H,24,28)(H,25,29);4,12-16,18H,1-2,5-10H2,3H3,(H,20,22)(H,21,23);7H,1,3,5,8-11H2,2,4,6H3,(H,18,21)(H,19,22)(H,20,23);5-10H,1-4,11-14H2;5-6H,1-2,7-11H2,3-4H3;5-6H,1-2,7-9H2,3-4H3;5H,2,4,6-10H2,1,3H3/b;;;10-9+;;;. The Morgan fingerprint density at radius 2 is 0.664 bits per heavy atom. The molecule has 3 rings (SSSR count). The Labute approximate surface area is 837 Å². The van der Waals surface area contributed by atoms with Crippen molar-refractivity contribution in [1.29, 1.82) is 0 Å². The Morgan fingerprint density at radius 3 is 0.993 bits per heavy atom. The fourth-order valence-corrected chi connectivity index (χ4v) is 14.8. The minimum absolute atomic E-state index is 0.0132. The van der Waals surface area contributed by atoms with E-state index in [1.54, 1.807) is 109 Å². The van der Waals surface area contributed by atoms with Gasteiger partial charge in [0.15, 0.2) is 0 Å². The van der Waals surface area contributed by atoms with Crippen molar-refractivity contribution in [3.63, 3.8) is 0 Å². The molecule has 2 bridgehead atoms. The Hall–Kier alpha value is -13.0. The second-order valence-electron chi connectivity index (χ2n) is 35.1. The van der Waals surface area contributed by atoms with Crippen molar-refractivity contribution in [1.82, 2.24) is 82.2 Å². The van der Waals surface area contributed by atoms with E-state index in [1.165, 1.54) is 106 Å². The molecule has 0 spiro atoms. The lowest BCUT2D eigenvalue weighted by atomic mass is 9.73. The van der Waals surface area contributed by atoms with Gasteiger partial charge in [-0.05, 0) is 209 Å². The zero-order chi connectivity index (χ0) is 108. The number of fused-ring (bicyclic) bond motifs is 5. The first-order valence-corrected chi connectivity index (χ1v) is 47.6. The average molecular weight is 1950 g/mol. The molecule has 780 valence electrons. The summed E-state index contributed by atoms with van der Waals surface area (Å²) in [7, 11) is 5.24. The lowest BCUT2D eigenvalue weighted by molar-refractivity contribution is -0.127.